The molecule has 0 saturated carbocycles. The molecule has 84 valence electrons. The Morgan fingerprint density at radius 3 is 2.53 bits per heavy atom. The molecule has 0 aliphatic carbocycles. The molecule has 0 fully saturated rings. The molecule has 1 atom stereocenters. The molecule has 1 unspecified atom stereocenters. The number of hydrogen-bond acceptors (Lipinski definition) is 1. The third kappa shape index (κ3) is 3.22. The molecule has 0 aliphatic heterocycles. The second-order valence-corrected chi connectivity index (χ2v) is 5.00. The number of benzene rings is 1. The summed E-state index contributed by atoms with van der Waals surface area (Å²) in [7, 11) is 0. The smallest absolute Gasteiger partial charge is 0.0487 e. The summed E-state index contributed by atoms with van der Waals surface area (Å²) in [6.07, 6.45) is 1.78. The Morgan fingerprint density at radius 1 is 1.40 bits per heavy atom. The van der Waals surface area contributed by atoms with E-state index in [0.717, 1.165) is 23.4 Å². The third-order valence-corrected chi connectivity index (χ3v) is 3.41. The van der Waals surface area contributed by atoms with Gasteiger partial charge in [0.1, 0.15) is 0 Å². The topological polar surface area (TPSA) is 20.2 Å². The van der Waals surface area contributed by atoms with Gasteiger partial charge in [-0.1, -0.05) is 37.6 Å². The largest absolute Gasteiger partial charge is 0.396 e. The van der Waals surface area contributed by atoms with E-state index in [1.165, 1.54) is 5.56 Å². The van der Waals surface area contributed by atoms with Crippen LogP contribution in [-0.4, -0.2) is 11.7 Å². The maximum absolute atomic E-state index is 9.35. The number of rotatable bonds is 4. The second kappa shape index (κ2) is 5.00. The first-order chi connectivity index (χ1) is 7.00. The normalized spacial score (nSPS) is 15.0. The summed E-state index contributed by atoms with van der Waals surface area (Å²) in [6.45, 7) is 6.41. The molecule has 1 aromatic carbocycles. The van der Waals surface area contributed by atoms with Crippen molar-refractivity contribution in [2.75, 3.05) is 6.61 Å². The predicted molar refractivity (Wildman–Crippen MR) is 65.4 cm³/mol. The minimum Gasteiger partial charge on any atom is -0.396 e. The number of aryl methyl sites for hydroxylation is 1. The summed E-state index contributed by atoms with van der Waals surface area (Å²) in [5.74, 6) is 0. The minimum atomic E-state index is -0.0566. The van der Waals surface area contributed by atoms with Gasteiger partial charge in [0.25, 0.3) is 0 Å². The Kier molecular flexibility index (Phi) is 4.18. The van der Waals surface area contributed by atoms with Crippen LogP contribution in [0.5, 0.6) is 0 Å². The van der Waals surface area contributed by atoms with Crippen LogP contribution in [-0.2, 0) is 6.42 Å². The fourth-order valence-electron chi connectivity index (χ4n) is 1.55. The molecule has 1 rings (SSSR count). The van der Waals surface area contributed by atoms with Crippen molar-refractivity contribution < 1.29 is 5.11 Å². The Hall–Kier alpha value is -0.530. The highest BCUT2D eigenvalue weighted by Gasteiger charge is 2.22. The van der Waals surface area contributed by atoms with Crippen LogP contribution in [0.15, 0.2) is 18.2 Å². The van der Waals surface area contributed by atoms with Crippen LogP contribution in [0.2, 0.25) is 5.02 Å². The Labute approximate surface area is 97.1 Å². The zero-order chi connectivity index (χ0) is 11.5. The highest BCUT2D eigenvalue weighted by molar-refractivity contribution is 6.31. The summed E-state index contributed by atoms with van der Waals surface area (Å²) >= 11 is 6.17. The van der Waals surface area contributed by atoms with E-state index in [2.05, 4.69) is 26.0 Å². The lowest BCUT2D eigenvalue weighted by Crippen LogP contribution is -2.23. The first-order valence-electron chi connectivity index (χ1n) is 5.36. The molecule has 0 amide bonds. The van der Waals surface area contributed by atoms with Gasteiger partial charge in [0.05, 0.1) is 0 Å². The van der Waals surface area contributed by atoms with Crippen molar-refractivity contribution in [1.82, 2.24) is 0 Å². The van der Waals surface area contributed by atoms with Gasteiger partial charge in [-0.15, -0.1) is 0 Å². The zero-order valence-electron chi connectivity index (χ0n) is 9.68. The number of halogens is 1. The molecule has 15 heavy (non-hydrogen) atoms. The van der Waals surface area contributed by atoms with Crippen LogP contribution in [0.4, 0.5) is 0 Å². The van der Waals surface area contributed by atoms with Gasteiger partial charge in [-0.05, 0) is 42.4 Å². The number of aliphatic hydroxyl groups is 1. The van der Waals surface area contributed by atoms with Gasteiger partial charge in [0.15, 0.2) is 0 Å². The average Bonchev–Trinajstić information content (AvgIpc) is 2.22. The van der Waals surface area contributed by atoms with Gasteiger partial charge in [-0.3, -0.25) is 0 Å². The average molecular weight is 227 g/mol. The van der Waals surface area contributed by atoms with Crippen LogP contribution in [0.3, 0.4) is 0 Å². The maximum atomic E-state index is 9.35. The van der Waals surface area contributed by atoms with Gasteiger partial charge in [0, 0.05) is 11.6 Å². The quantitative estimate of drug-likeness (QED) is 0.832. The van der Waals surface area contributed by atoms with Crippen LogP contribution in [0.1, 0.15) is 31.4 Å². The summed E-state index contributed by atoms with van der Waals surface area (Å²) in [6, 6.07) is 6.10. The summed E-state index contributed by atoms with van der Waals surface area (Å²) in [5, 5.41) is 10.2. The lowest BCUT2D eigenvalue weighted by atomic mass is 9.82. The van der Waals surface area contributed by atoms with E-state index in [1.54, 1.807) is 0 Å². The highest BCUT2D eigenvalue weighted by atomic mass is 35.5. The summed E-state index contributed by atoms with van der Waals surface area (Å²) in [5.41, 5.74) is 2.24. The summed E-state index contributed by atoms with van der Waals surface area (Å²) in [4.78, 5) is 0. The lowest BCUT2D eigenvalue weighted by molar-refractivity contribution is 0.138. The van der Waals surface area contributed by atoms with Crippen molar-refractivity contribution in [2.24, 2.45) is 5.41 Å². The van der Waals surface area contributed by atoms with E-state index in [-0.39, 0.29) is 12.0 Å². The first-order valence-corrected chi connectivity index (χ1v) is 5.74. The van der Waals surface area contributed by atoms with Gasteiger partial charge >= 0.3 is 0 Å². The fraction of sp³-hybridized carbons (Fsp3) is 0.538. The van der Waals surface area contributed by atoms with Gasteiger partial charge in [-0.25, -0.2) is 0 Å². The number of hydrogen-bond donors (Lipinski definition) is 1. The fourth-order valence-corrected chi connectivity index (χ4v) is 1.85. The van der Waals surface area contributed by atoms with Crippen molar-refractivity contribution in [3.05, 3.63) is 34.3 Å². The van der Waals surface area contributed by atoms with E-state index < -0.39 is 0 Å². The van der Waals surface area contributed by atoms with Crippen molar-refractivity contribution in [1.29, 1.82) is 0 Å². The number of aliphatic hydroxyl groups excluding tert-OH is 1. The lowest BCUT2D eigenvalue weighted by Gasteiger charge is -2.26. The Balaban J connectivity index is 2.89. The monoisotopic (exact) mass is 226 g/mol. The Morgan fingerprint density at radius 2 is 2.07 bits per heavy atom. The SMILES string of the molecule is CCC(C)(CO)Cc1ccc(C)cc1Cl. The molecule has 1 nitrogen and oxygen atoms in total. The maximum Gasteiger partial charge on any atom is 0.0487 e. The molecular weight excluding hydrogens is 208 g/mol. The second-order valence-electron chi connectivity index (χ2n) is 4.59. The minimum absolute atomic E-state index is 0.0566. The zero-order valence-corrected chi connectivity index (χ0v) is 10.4. The van der Waals surface area contributed by atoms with Crippen molar-refractivity contribution in [3.8, 4) is 0 Å². The van der Waals surface area contributed by atoms with Gasteiger partial charge in [0.2, 0.25) is 0 Å². The predicted octanol–water partition coefficient (Wildman–Crippen LogP) is 3.60. The van der Waals surface area contributed by atoms with E-state index in [0.29, 0.717) is 0 Å². The molecule has 0 aliphatic rings. The van der Waals surface area contributed by atoms with Crippen molar-refractivity contribution >= 4 is 11.6 Å². The van der Waals surface area contributed by atoms with Crippen molar-refractivity contribution in [2.45, 2.75) is 33.6 Å². The van der Waals surface area contributed by atoms with Gasteiger partial charge in [-0.2, -0.15) is 0 Å². The molecule has 0 heterocycles. The van der Waals surface area contributed by atoms with E-state index in [4.69, 9.17) is 11.6 Å². The molecule has 0 radical (unpaired) electrons. The van der Waals surface area contributed by atoms with E-state index in [9.17, 15) is 5.11 Å². The van der Waals surface area contributed by atoms with Gasteiger partial charge < -0.3 is 5.11 Å². The molecule has 2 heteroatoms. The summed E-state index contributed by atoms with van der Waals surface area (Å²) < 4.78 is 0. The van der Waals surface area contributed by atoms with E-state index in [1.807, 2.05) is 13.0 Å². The molecule has 1 N–H and O–H groups in total. The van der Waals surface area contributed by atoms with Crippen LogP contribution >= 0.6 is 11.6 Å². The molecule has 0 aromatic heterocycles. The molecule has 1 aromatic rings. The van der Waals surface area contributed by atoms with Crippen LogP contribution < -0.4 is 0 Å². The molecule has 0 spiro atoms. The van der Waals surface area contributed by atoms with Crippen LogP contribution in [0, 0.1) is 12.3 Å². The third-order valence-electron chi connectivity index (χ3n) is 3.06. The first kappa shape index (κ1) is 12.5. The molecule has 0 saturated heterocycles. The van der Waals surface area contributed by atoms with E-state index >= 15 is 0 Å². The van der Waals surface area contributed by atoms with Crippen molar-refractivity contribution in [3.63, 3.8) is 0 Å². The highest BCUT2D eigenvalue weighted by Crippen LogP contribution is 2.29. The standard InChI is InChI=1S/C13H19ClO/c1-4-13(3,9-15)8-11-6-5-10(2)7-12(11)14/h5-7,15H,4,8-9H2,1-3H3. The van der Waals surface area contributed by atoms with Crippen LogP contribution in [0.25, 0.3) is 0 Å². The molecule has 0 bridgehead atoms. The Bertz CT molecular complexity index is 329. The molecular formula is C13H19ClO.